The lowest BCUT2D eigenvalue weighted by Crippen LogP contribution is -2.05. The molecule has 1 heterocycles. The van der Waals surface area contributed by atoms with Crippen LogP contribution in [0, 0.1) is 0 Å². The minimum atomic E-state index is 0.800. The first-order valence-corrected chi connectivity index (χ1v) is 5.60. The fourth-order valence-electron chi connectivity index (χ4n) is 1.34. The molecule has 15 heavy (non-hydrogen) atoms. The van der Waals surface area contributed by atoms with Crippen LogP contribution in [0.3, 0.4) is 0 Å². The second-order valence-corrected chi connectivity index (χ2v) is 3.53. The van der Waals surface area contributed by atoms with E-state index in [9.17, 15) is 0 Å². The Balaban J connectivity index is 2.24. The SMILES string of the molecule is CCCCCCNc1cncc(NC)n1. The molecule has 1 aromatic heterocycles. The zero-order chi connectivity index (χ0) is 10.9. The third-order valence-corrected chi connectivity index (χ3v) is 2.23. The Morgan fingerprint density at radius 2 is 1.93 bits per heavy atom. The largest absolute Gasteiger partial charge is 0.372 e. The van der Waals surface area contributed by atoms with Gasteiger partial charge in [0.25, 0.3) is 0 Å². The molecule has 0 spiro atoms. The molecule has 4 nitrogen and oxygen atoms in total. The summed E-state index contributed by atoms with van der Waals surface area (Å²) in [5.41, 5.74) is 0. The topological polar surface area (TPSA) is 49.8 Å². The lowest BCUT2D eigenvalue weighted by Gasteiger charge is -2.06. The minimum Gasteiger partial charge on any atom is -0.372 e. The number of nitrogens with one attached hydrogen (secondary N) is 2. The molecule has 0 radical (unpaired) electrons. The van der Waals surface area contributed by atoms with Crippen molar-refractivity contribution in [3.8, 4) is 0 Å². The molecule has 0 unspecified atom stereocenters. The van der Waals surface area contributed by atoms with Gasteiger partial charge in [-0.15, -0.1) is 0 Å². The van der Waals surface area contributed by atoms with Crippen molar-refractivity contribution in [2.75, 3.05) is 24.2 Å². The predicted molar refractivity (Wildman–Crippen MR) is 64.2 cm³/mol. The van der Waals surface area contributed by atoms with E-state index in [1.807, 2.05) is 7.05 Å². The van der Waals surface area contributed by atoms with Gasteiger partial charge in [0.2, 0.25) is 0 Å². The maximum Gasteiger partial charge on any atom is 0.146 e. The Morgan fingerprint density at radius 1 is 1.13 bits per heavy atom. The second kappa shape index (κ2) is 7.04. The van der Waals surface area contributed by atoms with Crippen LogP contribution < -0.4 is 10.6 Å². The first-order chi connectivity index (χ1) is 7.36. The summed E-state index contributed by atoms with van der Waals surface area (Å²) < 4.78 is 0. The van der Waals surface area contributed by atoms with E-state index >= 15 is 0 Å². The van der Waals surface area contributed by atoms with Crippen LogP contribution in [0.2, 0.25) is 0 Å². The van der Waals surface area contributed by atoms with E-state index in [0.717, 1.165) is 18.2 Å². The number of unbranched alkanes of at least 4 members (excludes halogenated alkanes) is 3. The van der Waals surface area contributed by atoms with Crippen molar-refractivity contribution in [3.05, 3.63) is 12.4 Å². The third-order valence-electron chi connectivity index (χ3n) is 2.23. The first kappa shape index (κ1) is 11.8. The van der Waals surface area contributed by atoms with Crippen molar-refractivity contribution in [3.63, 3.8) is 0 Å². The number of nitrogens with zero attached hydrogens (tertiary/aromatic N) is 2. The highest BCUT2D eigenvalue weighted by molar-refractivity contribution is 5.40. The Bertz CT molecular complexity index is 275. The third kappa shape index (κ3) is 4.63. The molecule has 0 saturated carbocycles. The van der Waals surface area contributed by atoms with Crippen LogP contribution >= 0.6 is 0 Å². The second-order valence-electron chi connectivity index (χ2n) is 3.53. The van der Waals surface area contributed by atoms with Gasteiger partial charge in [-0.3, -0.25) is 4.98 Å². The maximum atomic E-state index is 4.32. The fraction of sp³-hybridized carbons (Fsp3) is 0.636. The molecule has 4 heteroatoms. The number of hydrogen-bond donors (Lipinski definition) is 2. The van der Waals surface area contributed by atoms with Crippen LogP contribution in [-0.4, -0.2) is 23.6 Å². The van der Waals surface area contributed by atoms with E-state index in [-0.39, 0.29) is 0 Å². The summed E-state index contributed by atoms with van der Waals surface area (Å²) in [5.74, 6) is 1.65. The Morgan fingerprint density at radius 3 is 2.67 bits per heavy atom. The van der Waals surface area contributed by atoms with Crippen molar-refractivity contribution >= 4 is 11.6 Å². The van der Waals surface area contributed by atoms with Crippen LogP contribution in [0.25, 0.3) is 0 Å². The molecule has 0 amide bonds. The van der Waals surface area contributed by atoms with Crippen LogP contribution in [0.1, 0.15) is 32.6 Å². The summed E-state index contributed by atoms with van der Waals surface area (Å²) >= 11 is 0. The van der Waals surface area contributed by atoms with Crippen LogP contribution in [0.15, 0.2) is 12.4 Å². The number of hydrogen-bond acceptors (Lipinski definition) is 4. The number of rotatable bonds is 7. The van der Waals surface area contributed by atoms with Gasteiger partial charge in [0.05, 0.1) is 12.4 Å². The van der Waals surface area contributed by atoms with Gasteiger partial charge in [-0.25, -0.2) is 4.98 Å². The molecule has 84 valence electrons. The highest BCUT2D eigenvalue weighted by Gasteiger charge is 1.95. The highest BCUT2D eigenvalue weighted by atomic mass is 15.1. The van der Waals surface area contributed by atoms with Gasteiger partial charge in [-0.05, 0) is 6.42 Å². The lowest BCUT2D eigenvalue weighted by molar-refractivity contribution is 0.684. The van der Waals surface area contributed by atoms with E-state index in [1.165, 1.54) is 25.7 Å². The van der Waals surface area contributed by atoms with E-state index in [4.69, 9.17) is 0 Å². The van der Waals surface area contributed by atoms with Gasteiger partial charge in [-0.2, -0.15) is 0 Å². The van der Waals surface area contributed by atoms with E-state index in [0.29, 0.717) is 0 Å². The molecule has 0 saturated heterocycles. The lowest BCUT2D eigenvalue weighted by atomic mass is 10.2. The van der Waals surface area contributed by atoms with Gasteiger partial charge in [0.15, 0.2) is 0 Å². The molecule has 0 aliphatic carbocycles. The van der Waals surface area contributed by atoms with Gasteiger partial charge >= 0.3 is 0 Å². The summed E-state index contributed by atoms with van der Waals surface area (Å²) in [4.78, 5) is 8.41. The van der Waals surface area contributed by atoms with Crippen molar-refractivity contribution < 1.29 is 0 Å². The molecule has 0 atom stereocenters. The predicted octanol–water partition coefficient (Wildman–Crippen LogP) is 2.51. The normalized spacial score (nSPS) is 10.0. The summed E-state index contributed by atoms with van der Waals surface area (Å²) in [6, 6.07) is 0. The summed E-state index contributed by atoms with van der Waals surface area (Å²) in [7, 11) is 1.84. The Hall–Kier alpha value is -1.32. The maximum absolute atomic E-state index is 4.32. The Kier molecular flexibility index (Phi) is 5.51. The smallest absolute Gasteiger partial charge is 0.146 e. The van der Waals surface area contributed by atoms with Gasteiger partial charge in [0, 0.05) is 13.6 Å². The van der Waals surface area contributed by atoms with Gasteiger partial charge in [0.1, 0.15) is 11.6 Å². The monoisotopic (exact) mass is 208 g/mol. The molecular formula is C11H20N4. The molecular weight excluding hydrogens is 188 g/mol. The number of aromatic nitrogens is 2. The molecule has 0 aliphatic rings. The van der Waals surface area contributed by atoms with Gasteiger partial charge < -0.3 is 10.6 Å². The fourth-order valence-corrected chi connectivity index (χ4v) is 1.34. The van der Waals surface area contributed by atoms with Crippen LogP contribution in [0.4, 0.5) is 11.6 Å². The molecule has 0 fully saturated rings. The molecule has 1 aromatic rings. The Labute approximate surface area is 91.5 Å². The van der Waals surface area contributed by atoms with E-state index in [1.54, 1.807) is 12.4 Å². The number of anilines is 2. The van der Waals surface area contributed by atoms with Crippen molar-refractivity contribution in [2.45, 2.75) is 32.6 Å². The van der Waals surface area contributed by atoms with Crippen LogP contribution in [0.5, 0.6) is 0 Å². The van der Waals surface area contributed by atoms with Crippen molar-refractivity contribution in [1.29, 1.82) is 0 Å². The molecule has 2 N–H and O–H groups in total. The quantitative estimate of drug-likeness (QED) is 0.676. The minimum absolute atomic E-state index is 0.800. The zero-order valence-electron chi connectivity index (χ0n) is 9.58. The molecule has 0 aromatic carbocycles. The van der Waals surface area contributed by atoms with Crippen LogP contribution in [-0.2, 0) is 0 Å². The summed E-state index contributed by atoms with van der Waals surface area (Å²) in [6.07, 6.45) is 8.52. The molecule has 0 bridgehead atoms. The molecule has 0 aliphatic heterocycles. The first-order valence-electron chi connectivity index (χ1n) is 5.60. The van der Waals surface area contributed by atoms with Crippen molar-refractivity contribution in [2.24, 2.45) is 0 Å². The molecule has 1 rings (SSSR count). The summed E-state index contributed by atoms with van der Waals surface area (Å²) in [6.45, 7) is 3.19. The average Bonchev–Trinajstić information content (AvgIpc) is 2.29. The van der Waals surface area contributed by atoms with E-state index in [2.05, 4.69) is 27.5 Å². The van der Waals surface area contributed by atoms with Crippen molar-refractivity contribution in [1.82, 2.24) is 9.97 Å². The summed E-state index contributed by atoms with van der Waals surface area (Å²) in [5, 5.41) is 6.23. The highest BCUT2D eigenvalue weighted by Crippen LogP contribution is 2.06. The average molecular weight is 208 g/mol. The van der Waals surface area contributed by atoms with Gasteiger partial charge in [-0.1, -0.05) is 26.2 Å². The zero-order valence-corrected chi connectivity index (χ0v) is 9.58. The standard InChI is InChI=1S/C11H20N4/c1-3-4-5-6-7-14-11-9-13-8-10(12-2)15-11/h8-9H,3-7H2,1-2H3,(H2,12,14,15). The van der Waals surface area contributed by atoms with E-state index < -0.39 is 0 Å².